The summed E-state index contributed by atoms with van der Waals surface area (Å²) in [5.41, 5.74) is 10.4. The van der Waals surface area contributed by atoms with Crippen LogP contribution in [-0.4, -0.2) is 22.5 Å². The largest absolute Gasteiger partial charge is 0.323 e. The monoisotopic (exact) mass is 281 g/mol. The Morgan fingerprint density at radius 2 is 2.00 bits per heavy atom. The molecule has 2 N–H and O–H groups in total. The number of likely N-dealkylation sites (N-methyl/N-ethyl adjacent to an activating group) is 1. The van der Waals surface area contributed by atoms with Gasteiger partial charge in [-0.25, -0.2) is 0 Å². The number of fused-ring (bicyclic) bond motifs is 1. The summed E-state index contributed by atoms with van der Waals surface area (Å²) in [5.74, 6) is 0. The van der Waals surface area contributed by atoms with Gasteiger partial charge in [0, 0.05) is 24.8 Å². The molecule has 0 fully saturated rings. The molecule has 2 atom stereocenters. The van der Waals surface area contributed by atoms with Crippen molar-refractivity contribution in [1.82, 2.24) is 9.88 Å². The van der Waals surface area contributed by atoms with Crippen LogP contribution in [-0.2, 0) is 13.0 Å². The molecule has 0 saturated heterocycles. The minimum absolute atomic E-state index is 0.0959. The quantitative estimate of drug-likeness (QED) is 0.937. The molecule has 3 heteroatoms. The van der Waals surface area contributed by atoms with E-state index in [0.717, 1.165) is 31.6 Å². The van der Waals surface area contributed by atoms with Gasteiger partial charge in [0.15, 0.2) is 0 Å². The number of aryl methyl sites for hydroxylation is 1. The molecule has 1 aliphatic carbocycles. The smallest absolute Gasteiger partial charge is 0.0544 e. The van der Waals surface area contributed by atoms with E-state index in [1.165, 1.54) is 11.1 Å². The molecule has 21 heavy (non-hydrogen) atoms. The molecular weight excluding hydrogens is 258 g/mol. The van der Waals surface area contributed by atoms with Crippen LogP contribution in [0.1, 0.15) is 36.2 Å². The van der Waals surface area contributed by atoms with Gasteiger partial charge < -0.3 is 5.73 Å². The van der Waals surface area contributed by atoms with Gasteiger partial charge in [-0.3, -0.25) is 9.88 Å². The van der Waals surface area contributed by atoms with Crippen LogP contribution < -0.4 is 5.73 Å². The molecule has 2 aromatic rings. The molecule has 0 saturated carbocycles. The standard InChI is InChI=1S/C18H23N3/c1-2-21(13-15-8-5-6-12-20-15)17-11-10-14-7-3-4-9-16(14)18(17)19/h3-9,12,17-18H,2,10-11,13,19H2,1H3. The lowest BCUT2D eigenvalue weighted by Crippen LogP contribution is -2.45. The minimum Gasteiger partial charge on any atom is -0.323 e. The predicted octanol–water partition coefficient (Wildman–Crippen LogP) is 2.92. The van der Waals surface area contributed by atoms with Gasteiger partial charge in [-0.2, -0.15) is 0 Å². The number of nitrogens with two attached hydrogens (primary N) is 1. The number of pyridine rings is 1. The van der Waals surface area contributed by atoms with E-state index in [2.05, 4.69) is 47.1 Å². The highest BCUT2D eigenvalue weighted by atomic mass is 15.2. The van der Waals surface area contributed by atoms with Crippen LogP contribution >= 0.6 is 0 Å². The van der Waals surface area contributed by atoms with Gasteiger partial charge in [0.1, 0.15) is 0 Å². The van der Waals surface area contributed by atoms with Crippen LogP contribution in [0.5, 0.6) is 0 Å². The van der Waals surface area contributed by atoms with Crippen molar-refractivity contribution >= 4 is 0 Å². The summed E-state index contributed by atoms with van der Waals surface area (Å²) in [6.45, 7) is 4.07. The Balaban J connectivity index is 1.79. The number of benzene rings is 1. The van der Waals surface area contributed by atoms with Crippen molar-refractivity contribution in [2.75, 3.05) is 6.54 Å². The lowest BCUT2D eigenvalue weighted by atomic mass is 9.83. The van der Waals surface area contributed by atoms with Crippen LogP contribution in [0, 0.1) is 0 Å². The van der Waals surface area contributed by atoms with Gasteiger partial charge in [0.25, 0.3) is 0 Å². The zero-order valence-electron chi connectivity index (χ0n) is 12.6. The first-order valence-corrected chi connectivity index (χ1v) is 7.77. The Morgan fingerprint density at radius 3 is 2.76 bits per heavy atom. The zero-order valence-corrected chi connectivity index (χ0v) is 12.6. The fraction of sp³-hybridized carbons (Fsp3) is 0.389. The first-order chi connectivity index (χ1) is 10.3. The predicted molar refractivity (Wildman–Crippen MR) is 85.8 cm³/mol. The third-order valence-corrected chi connectivity index (χ3v) is 4.50. The van der Waals surface area contributed by atoms with Crippen LogP contribution in [0.2, 0.25) is 0 Å². The topological polar surface area (TPSA) is 42.2 Å². The molecule has 1 aliphatic rings. The van der Waals surface area contributed by atoms with E-state index >= 15 is 0 Å². The molecule has 0 spiro atoms. The normalized spacial score (nSPS) is 21.3. The van der Waals surface area contributed by atoms with Crippen LogP contribution in [0.15, 0.2) is 48.7 Å². The molecule has 0 amide bonds. The van der Waals surface area contributed by atoms with Crippen molar-refractivity contribution in [1.29, 1.82) is 0 Å². The summed E-state index contributed by atoms with van der Waals surface area (Å²) in [6.07, 6.45) is 4.10. The number of nitrogens with zero attached hydrogens (tertiary/aromatic N) is 2. The fourth-order valence-corrected chi connectivity index (χ4v) is 3.35. The second-order valence-corrected chi connectivity index (χ2v) is 5.71. The molecule has 110 valence electrons. The highest BCUT2D eigenvalue weighted by Crippen LogP contribution is 2.31. The summed E-state index contributed by atoms with van der Waals surface area (Å²) < 4.78 is 0. The van der Waals surface area contributed by atoms with E-state index in [9.17, 15) is 0 Å². The van der Waals surface area contributed by atoms with Crippen LogP contribution in [0.4, 0.5) is 0 Å². The lowest BCUT2D eigenvalue weighted by Gasteiger charge is -2.38. The number of aromatic nitrogens is 1. The number of hydrogen-bond acceptors (Lipinski definition) is 3. The average Bonchev–Trinajstić information content (AvgIpc) is 2.55. The molecule has 1 heterocycles. The average molecular weight is 281 g/mol. The Hall–Kier alpha value is -1.71. The van der Waals surface area contributed by atoms with Crippen molar-refractivity contribution in [3.8, 4) is 0 Å². The molecule has 0 aliphatic heterocycles. The second-order valence-electron chi connectivity index (χ2n) is 5.71. The first kappa shape index (κ1) is 14.2. The second kappa shape index (κ2) is 6.37. The van der Waals surface area contributed by atoms with Crippen molar-refractivity contribution in [2.45, 2.75) is 38.4 Å². The summed E-state index contributed by atoms with van der Waals surface area (Å²) in [7, 11) is 0. The Bertz CT molecular complexity index is 582. The SMILES string of the molecule is CCN(Cc1ccccn1)C1CCc2ccccc2C1N. The molecule has 1 aromatic carbocycles. The Labute approximate surface area is 126 Å². The summed E-state index contributed by atoms with van der Waals surface area (Å²) >= 11 is 0. The van der Waals surface area contributed by atoms with Crippen LogP contribution in [0.3, 0.4) is 0 Å². The number of hydrogen-bond donors (Lipinski definition) is 1. The molecular formula is C18H23N3. The zero-order chi connectivity index (χ0) is 14.7. The third-order valence-electron chi connectivity index (χ3n) is 4.50. The maximum Gasteiger partial charge on any atom is 0.0544 e. The maximum absolute atomic E-state index is 6.56. The molecule has 2 unspecified atom stereocenters. The molecule has 3 nitrogen and oxygen atoms in total. The lowest BCUT2D eigenvalue weighted by molar-refractivity contribution is 0.153. The first-order valence-electron chi connectivity index (χ1n) is 7.77. The van der Waals surface area contributed by atoms with E-state index in [0.29, 0.717) is 6.04 Å². The van der Waals surface area contributed by atoms with E-state index in [4.69, 9.17) is 5.73 Å². The van der Waals surface area contributed by atoms with E-state index in [-0.39, 0.29) is 6.04 Å². The fourth-order valence-electron chi connectivity index (χ4n) is 3.35. The minimum atomic E-state index is 0.0959. The summed E-state index contributed by atoms with van der Waals surface area (Å²) in [6, 6.07) is 15.2. The van der Waals surface area contributed by atoms with E-state index in [1.54, 1.807) is 0 Å². The highest BCUT2D eigenvalue weighted by molar-refractivity contribution is 5.33. The van der Waals surface area contributed by atoms with Crippen LogP contribution in [0.25, 0.3) is 0 Å². The van der Waals surface area contributed by atoms with Gasteiger partial charge in [-0.1, -0.05) is 37.3 Å². The van der Waals surface area contributed by atoms with E-state index in [1.807, 2.05) is 18.3 Å². The Morgan fingerprint density at radius 1 is 1.19 bits per heavy atom. The summed E-state index contributed by atoms with van der Waals surface area (Å²) in [4.78, 5) is 6.91. The van der Waals surface area contributed by atoms with Crippen molar-refractivity contribution in [2.24, 2.45) is 5.73 Å². The van der Waals surface area contributed by atoms with Gasteiger partial charge in [0.05, 0.1) is 5.69 Å². The third kappa shape index (κ3) is 2.99. The molecule has 1 aromatic heterocycles. The van der Waals surface area contributed by atoms with Crippen molar-refractivity contribution in [3.05, 3.63) is 65.5 Å². The highest BCUT2D eigenvalue weighted by Gasteiger charge is 2.30. The summed E-state index contributed by atoms with van der Waals surface area (Å²) in [5, 5.41) is 0. The molecule has 0 bridgehead atoms. The van der Waals surface area contributed by atoms with Crippen molar-refractivity contribution in [3.63, 3.8) is 0 Å². The van der Waals surface area contributed by atoms with E-state index < -0.39 is 0 Å². The van der Waals surface area contributed by atoms with Gasteiger partial charge in [0.2, 0.25) is 0 Å². The van der Waals surface area contributed by atoms with Gasteiger partial charge >= 0.3 is 0 Å². The van der Waals surface area contributed by atoms with Gasteiger partial charge in [-0.05, 0) is 42.6 Å². The molecule has 0 radical (unpaired) electrons. The van der Waals surface area contributed by atoms with Crippen molar-refractivity contribution < 1.29 is 0 Å². The Kier molecular flexibility index (Phi) is 4.32. The molecule has 3 rings (SSSR count). The van der Waals surface area contributed by atoms with Gasteiger partial charge in [-0.15, -0.1) is 0 Å². The number of rotatable bonds is 4. The maximum atomic E-state index is 6.56.